The van der Waals surface area contributed by atoms with Crippen molar-refractivity contribution in [3.05, 3.63) is 64.3 Å². The van der Waals surface area contributed by atoms with Gasteiger partial charge >= 0.3 is 0 Å². The van der Waals surface area contributed by atoms with E-state index in [1.165, 1.54) is 0 Å². The number of rotatable bonds is 5. The molecule has 0 aliphatic carbocycles. The second-order valence-electron chi connectivity index (χ2n) is 6.68. The Hall–Kier alpha value is -1.83. The molecule has 1 saturated heterocycles. The molecular formula is C20H22N4OS2. The molecule has 1 fully saturated rings. The van der Waals surface area contributed by atoms with E-state index >= 15 is 0 Å². The summed E-state index contributed by atoms with van der Waals surface area (Å²) in [5.41, 5.74) is 1.82. The van der Waals surface area contributed by atoms with Gasteiger partial charge in [-0.25, -0.2) is 14.3 Å². The summed E-state index contributed by atoms with van der Waals surface area (Å²) in [5, 5.41) is 2.32. The van der Waals surface area contributed by atoms with Crippen LogP contribution in [0.4, 0.5) is 0 Å². The summed E-state index contributed by atoms with van der Waals surface area (Å²) in [5.74, 6) is 1.52. The fourth-order valence-corrected chi connectivity index (χ4v) is 5.22. The van der Waals surface area contributed by atoms with E-state index in [2.05, 4.69) is 20.3 Å². The smallest absolute Gasteiger partial charge is 0.258 e. The molecule has 7 heteroatoms. The monoisotopic (exact) mass is 398 g/mol. The van der Waals surface area contributed by atoms with Gasteiger partial charge in [0.05, 0.1) is 16.7 Å². The number of thioether (sulfide) groups is 1. The average Bonchev–Trinajstić information content (AvgIpc) is 2.69. The third kappa shape index (κ3) is 4.54. The van der Waals surface area contributed by atoms with Gasteiger partial charge in [0, 0.05) is 24.5 Å². The average molecular weight is 399 g/mol. The van der Waals surface area contributed by atoms with Gasteiger partial charge in [-0.1, -0.05) is 18.2 Å². The van der Waals surface area contributed by atoms with Crippen LogP contribution in [0, 0.1) is 6.92 Å². The van der Waals surface area contributed by atoms with Gasteiger partial charge in [0.1, 0.15) is 10.9 Å². The van der Waals surface area contributed by atoms with Crippen molar-refractivity contribution in [3.8, 4) is 0 Å². The molecule has 0 spiro atoms. The maximum absolute atomic E-state index is 12.3. The maximum Gasteiger partial charge on any atom is 0.258 e. The minimum atomic E-state index is -0.0409. The first-order valence-electron chi connectivity index (χ1n) is 9.13. The van der Waals surface area contributed by atoms with Crippen LogP contribution in [0.3, 0.4) is 0 Å². The zero-order chi connectivity index (χ0) is 18.6. The van der Waals surface area contributed by atoms with Crippen LogP contribution in [0.2, 0.25) is 0 Å². The Morgan fingerprint density at radius 1 is 1.19 bits per heavy atom. The Morgan fingerprint density at radius 2 is 2.04 bits per heavy atom. The Bertz CT molecular complexity index is 969. The van der Waals surface area contributed by atoms with E-state index < -0.39 is 0 Å². The Labute approximate surface area is 167 Å². The van der Waals surface area contributed by atoms with Crippen LogP contribution in [0.5, 0.6) is 0 Å². The molecule has 1 N–H and O–H groups in total. The molecule has 5 nitrogen and oxygen atoms in total. The predicted molar refractivity (Wildman–Crippen MR) is 113 cm³/mol. The number of para-hydroxylation sites is 1. The number of H-pyrrole nitrogens is 1. The number of benzene rings is 1. The molecule has 2 aromatic heterocycles. The Morgan fingerprint density at radius 3 is 2.81 bits per heavy atom. The minimum Gasteiger partial charge on any atom is -0.309 e. The lowest BCUT2D eigenvalue weighted by atomic mass is 10.1. The van der Waals surface area contributed by atoms with Crippen molar-refractivity contribution >= 4 is 34.6 Å². The number of hydrogen-bond donors (Lipinski definition) is 1. The summed E-state index contributed by atoms with van der Waals surface area (Å²) in [6, 6.07) is 11.8. The molecule has 1 aromatic carbocycles. The first-order valence-corrected chi connectivity index (χ1v) is 11.0. The van der Waals surface area contributed by atoms with Crippen LogP contribution in [-0.2, 0) is 5.75 Å². The molecule has 27 heavy (non-hydrogen) atoms. The SMILES string of the molecule is Cc1cccc2c(=O)[nH]c(CSC3CCN(Sc4ccccn4)CC3)nc12. The molecule has 0 atom stereocenters. The van der Waals surface area contributed by atoms with E-state index in [-0.39, 0.29) is 5.56 Å². The van der Waals surface area contributed by atoms with E-state index in [0.29, 0.717) is 10.6 Å². The molecule has 1 aliphatic heterocycles. The number of aromatic amines is 1. The molecule has 4 rings (SSSR count). The van der Waals surface area contributed by atoms with E-state index in [1.807, 2.05) is 55.2 Å². The van der Waals surface area contributed by atoms with Gasteiger partial charge in [0.2, 0.25) is 0 Å². The summed E-state index contributed by atoms with van der Waals surface area (Å²) in [6.07, 6.45) is 4.12. The lowest BCUT2D eigenvalue weighted by Gasteiger charge is -2.30. The summed E-state index contributed by atoms with van der Waals surface area (Å²) in [4.78, 5) is 24.3. The topological polar surface area (TPSA) is 61.9 Å². The lowest BCUT2D eigenvalue weighted by Crippen LogP contribution is -2.30. The largest absolute Gasteiger partial charge is 0.309 e. The summed E-state index contributed by atoms with van der Waals surface area (Å²) >= 11 is 3.64. The summed E-state index contributed by atoms with van der Waals surface area (Å²) in [6.45, 7) is 4.11. The van der Waals surface area contributed by atoms with Crippen molar-refractivity contribution in [1.82, 2.24) is 19.3 Å². The number of nitrogens with one attached hydrogen (secondary N) is 1. The number of hydrogen-bond acceptors (Lipinski definition) is 6. The van der Waals surface area contributed by atoms with E-state index in [0.717, 1.165) is 53.6 Å². The Balaban J connectivity index is 1.33. The third-order valence-corrected chi connectivity index (χ3v) is 7.14. The number of aryl methyl sites for hydroxylation is 1. The van der Waals surface area contributed by atoms with Crippen LogP contribution < -0.4 is 5.56 Å². The van der Waals surface area contributed by atoms with Crippen molar-refractivity contribution in [2.24, 2.45) is 0 Å². The van der Waals surface area contributed by atoms with E-state index in [4.69, 9.17) is 4.98 Å². The fourth-order valence-electron chi connectivity index (χ4n) is 3.24. The lowest BCUT2D eigenvalue weighted by molar-refractivity contribution is 0.387. The number of fused-ring (bicyclic) bond motifs is 1. The van der Waals surface area contributed by atoms with Crippen molar-refractivity contribution in [2.45, 2.75) is 35.8 Å². The number of nitrogens with zero attached hydrogens (tertiary/aromatic N) is 3. The number of piperidine rings is 1. The van der Waals surface area contributed by atoms with Crippen molar-refractivity contribution in [1.29, 1.82) is 0 Å². The number of aromatic nitrogens is 3. The van der Waals surface area contributed by atoms with Crippen LogP contribution in [0.25, 0.3) is 10.9 Å². The van der Waals surface area contributed by atoms with Crippen molar-refractivity contribution in [3.63, 3.8) is 0 Å². The molecule has 0 amide bonds. The molecule has 140 valence electrons. The second kappa shape index (κ2) is 8.46. The minimum absolute atomic E-state index is 0.0409. The zero-order valence-corrected chi connectivity index (χ0v) is 16.9. The molecule has 0 saturated carbocycles. The molecule has 3 aromatic rings. The highest BCUT2D eigenvalue weighted by Gasteiger charge is 2.21. The van der Waals surface area contributed by atoms with Crippen molar-refractivity contribution < 1.29 is 0 Å². The normalized spacial score (nSPS) is 16.0. The fraction of sp³-hybridized carbons (Fsp3) is 0.350. The van der Waals surface area contributed by atoms with Gasteiger partial charge in [-0.15, -0.1) is 0 Å². The first kappa shape index (κ1) is 18.5. The third-order valence-electron chi connectivity index (χ3n) is 4.70. The number of pyridine rings is 1. The van der Waals surface area contributed by atoms with Gasteiger partial charge in [-0.05, 0) is 55.5 Å². The molecule has 1 aliphatic rings. The van der Waals surface area contributed by atoms with Crippen LogP contribution in [0.15, 0.2) is 52.4 Å². The molecule has 0 bridgehead atoms. The van der Waals surface area contributed by atoms with Crippen LogP contribution in [-0.4, -0.2) is 37.6 Å². The van der Waals surface area contributed by atoms with Gasteiger partial charge in [0.15, 0.2) is 0 Å². The highest BCUT2D eigenvalue weighted by atomic mass is 32.2. The molecule has 0 radical (unpaired) electrons. The highest BCUT2D eigenvalue weighted by molar-refractivity contribution is 7.99. The van der Waals surface area contributed by atoms with Gasteiger partial charge in [0.25, 0.3) is 5.56 Å². The molecule has 3 heterocycles. The van der Waals surface area contributed by atoms with Crippen molar-refractivity contribution in [2.75, 3.05) is 13.1 Å². The first-order chi connectivity index (χ1) is 13.2. The van der Waals surface area contributed by atoms with Gasteiger partial charge in [-0.2, -0.15) is 11.8 Å². The van der Waals surface area contributed by atoms with E-state index in [9.17, 15) is 4.79 Å². The van der Waals surface area contributed by atoms with Crippen LogP contribution >= 0.6 is 23.7 Å². The molecular weight excluding hydrogens is 376 g/mol. The van der Waals surface area contributed by atoms with Crippen LogP contribution in [0.1, 0.15) is 24.2 Å². The Kier molecular flexibility index (Phi) is 5.80. The molecule has 0 unspecified atom stereocenters. The maximum atomic E-state index is 12.3. The van der Waals surface area contributed by atoms with Gasteiger partial charge < -0.3 is 4.98 Å². The van der Waals surface area contributed by atoms with Gasteiger partial charge in [-0.3, -0.25) is 4.79 Å². The van der Waals surface area contributed by atoms with E-state index in [1.54, 1.807) is 11.9 Å². The standard InChI is InChI=1S/C20H22N4OS2/c1-14-5-4-6-16-19(14)22-17(23-20(16)25)13-26-15-8-11-24(12-9-15)27-18-7-2-3-10-21-18/h2-7,10,15H,8-9,11-13H2,1H3,(H,22,23,25). The highest BCUT2D eigenvalue weighted by Crippen LogP contribution is 2.30. The quantitative estimate of drug-likeness (QED) is 0.655. The predicted octanol–water partition coefficient (Wildman–Crippen LogP) is 4.03. The summed E-state index contributed by atoms with van der Waals surface area (Å²) < 4.78 is 2.39. The second-order valence-corrected chi connectivity index (χ2v) is 9.09. The zero-order valence-electron chi connectivity index (χ0n) is 15.2. The summed E-state index contributed by atoms with van der Waals surface area (Å²) in [7, 11) is 0.